The van der Waals surface area contributed by atoms with E-state index in [1.54, 1.807) is 0 Å². The van der Waals surface area contributed by atoms with Crippen LogP contribution in [0.3, 0.4) is 0 Å². The molecule has 0 aromatic carbocycles. The second kappa shape index (κ2) is 23.7. The molecule has 0 amide bonds. The Hall–Kier alpha value is -0.200. The molecule has 0 radical (unpaired) electrons. The molecule has 0 heterocycles. The first-order valence-electron chi connectivity index (χ1n) is 23.2. The van der Waals surface area contributed by atoms with E-state index in [4.69, 9.17) is 20.9 Å². The fourth-order valence-electron chi connectivity index (χ4n) is 12.5. The minimum atomic E-state index is 0.308. The van der Waals surface area contributed by atoms with Crippen LogP contribution >= 0.6 is 0 Å². The number of unbranched alkanes of at least 4 members (excludes halogenated alkanes) is 13. The van der Waals surface area contributed by atoms with Crippen molar-refractivity contribution in [3.8, 4) is 0 Å². The number of rotatable bonds is 28. The van der Waals surface area contributed by atoms with E-state index in [1.807, 2.05) is 0 Å². The standard InChI is InChI=1S/C46H89N3O2/c1-5-6-7-8-9-10-11-12-13-14-15-16-17-18-31-49-32-19-22-37(2)41-25-26-42-40-24-23-38-35-39(50-33-20-29-47)27-28-45(38,3)43(40)36-44(46(41,42)4)51-34-21-30-48/h37-44,49H,5-36,47-48H2,1-4H3/t37?,38?,39-,40?,41?,42+,43+,44+,45+,46-/m1/s1. The molecular formula is C46H89N3O2. The maximum Gasteiger partial charge on any atom is 0.0637 e. The normalized spacial score (nSPS) is 33.9. The Morgan fingerprint density at radius 1 is 0.647 bits per heavy atom. The van der Waals surface area contributed by atoms with E-state index >= 15 is 0 Å². The van der Waals surface area contributed by atoms with E-state index in [-0.39, 0.29) is 0 Å². The highest BCUT2D eigenvalue weighted by Gasteiger charge is 2.64. The minimum absolute atomic E-state index is 0.308. The molecule has 4 fully saturated rings. The summed E-state index contributed by atoms with van der Waals surface area (Å²) in [6.07, 6.45) is 36.3. The molecule has 51 heavy (non-hydrogen) atoms. The Labute approximate surface area is 318 Å². The van der Waals surface area contributed by atoms with Crippen LogP contribution in [-0.4, -0.2) is 51.6 Å². The van der Waals surface area contributed by atoms with Gasteiger partial charge in [-0.25, -0.2) is 0 Å². The Bertz CT molecular complexity index is 902. The molecule has 4 aliphatic carbocycles. The van der Waals surface area contributed by atoms with Crippen molar-refractivity contribution in [3.63, 3.8) is 0 Å². The molecule has 4 saturated carbocycles. The molecule has 300 valence electrons. The number of fused-ring (bicyclic) bond motifs is 5. The van der Waals surface area contributed by atoms with Gasteiger partial charge in [-0.1, -0.05) is 111 Å². The lowest BCUT2D eigenvalue weighted by Gasteiger charge is -2.63. The van der Waals surface area contributed by atoms with Crippen molar-refractivity contribution in [3.05, 3.63) is 0 Å². The zero-order valence-electron chi connectivity index (χ0n) is 34.7. The number of nitrogens with two attached hydrogens (primary N) is 2. The maximum atomic E-state index is 6.99. The molecule has 5 heteroatoms. The van der Waals surface area contributed by atoms with Gasteiger partial charge >= 0.3 is 0 Å². The van der Waals surface area contributed by atoms with Gasteiger partial charge in [0.2, 0.25) is 0 Å². The van der Waals surface area contributed by atoms with Gasteiger partial charge in [0.05, 0.1) is 12.2 Å². The van der Waals surface area contributed by atoms with Crippen LogP contribution in [-0.2, 0) is 9.47 Å². The quantitative estimate of drug-likeness (QED) is 0.0703. The molecule has 0 spiro atoms. The molecule has 4 unspecified atom stereocenters. The van der Waals surface area contributed by atoms with Crippen LogP contribution in [0.15, 0.2) is 0 Å². The smallest absolute Gasteiger partial charge is 0.0637 e. The van der Waals surface area contributed by atoms with Crippen molar-refractivity contribution >= 4 is 0 Å². The first-order valence-corrected chi connectivity index (χ1v) is 23.2. The molecule has 0 aliphatic heterocycles. The van der Waals surface area contributed by atoms with Crippen LogP contribution in [0, 0.1) is 46.3 Å². The third-order valence-corrected chi connectivity index (χ3v) is 15.5. The van der Waals surface area contributed by atoms with Crippen LogP contribution in [0.5, 0.6) is 0 Å². The van der Waals surface area contributed by atoms with Crippen molar-refractivity contribution in [2.75, 3.05) is 39.4 Å². The predicted molar refractivity (Wildman–Crippen MR) is 219 cm³/mol. The highest BCUT2D eigenvalue weighted by molar-refractivity contribution is 5.13. The summed E-state index contributed by atoms with van der Waals surface area (Å²) in [6, 6.07) is 0. The summed E-state index contributed by atoms with van der Waals surface area (Å²) in [5.74, 6) is 4.86. The highest BCUT2D eigenvalue weighted by atomic mass is 16.5. The SMILES string of the molecule is CCCCCCCCCCCCCCCCNCCCC(C)C1CC[C@H]2C3CCC4C[C@H](OCCCN)CC[C@]4(C)[C@H]3C[C@H](OCCCN)[C@]12C. The Balaban J connectivity index is 1.16. The van der Waals surface area contributed by atoms with E-state index in [0.717, 1.165) is 74.7 Å². The average Bonchev–Trinajstić information content (AvgIpc) is 3.49. The second-order valence-electron chi connectivity index (χ2n) is 18.8. The summed E-state index contributed by atoms with van der Waals surface area (Å²) in [7, 11) is 0. The number of hydrogen-bond acceptors (Lipinski definition) is 5. The van der Waals surface area contributed by atoms with Gasteiger partial charge in [-0.15, -0.1) is 0 Å². The largest absolute Gasteiger partial charge is 0.378 e. The van der Waals surface area contributed by atoms with Gasteiger partial charge in [0, 0.05) is 13.2 Å². The van der Waals surface area contributed by atoms with Gasteiger partial charge in [-0.3, -0.25) is 0 Å². The van der Waals surface area contributed by atoms with E-state index in [1.165, 1.54) is 167 Å². The Morgan fingerprint density at radius 2 is 1.25 bits per heavy atom. The maximum absolute atomic E-state index is 6.99. The molecule has 0 saturated heterocycles. The van der Waals surface area contributed by atoms with Crippen LogP contribution < -0.4 is 16.8 Å². The van der Waals surface area contributed by atoms with E-state index in [2.05, 4.69) is 33.0 Å². The van der Waals surface area contributed by atoms with Crippen molar-refractivity contribution < 1.29 is 9.47 Å². The second-order valence-corrected chi connectivity index (χ2v) is 18.8. The van der Waals surface area contributed by atoms with Gasteiger partial charge in [0.15, 0.2) is 0 Å². The monoisotopic (exact) mass is 716 g/mol. The number of ether oxygens (including phenoxy) is 2. The Kier molecular flexibility index (Phi) is 20.2. The van der Waals surface area contributed by atoms with Crippen LogP contribution in [0.4, 0.5) is 0 Å². The zero-order valence-corrected chi connectivity index (χ0v) is 34.7. The van der Waals surface area contributed by atoms with E-state index in [9.17, 15) is 0 Å². The molecule has 5 N–H and O–H groups in total. The lowest BCUT2D eigenvalue weighted by atomic mass is 9.43. The fraction of sp³-hybridized carbons (Fsp3) is 1.00. The molecule has 4 rings (SSSR count). The number of hydrogen-bond donors (Lipinski definition) is 3. The highest BCUT2D eigenvalue weighted by Crippen LogP contribution is 2.69. The third-order valence-electron chi connectivity index (χ3n) is 15.5. The van der Waals surface area contributed by atoms with Gasteiger partial charge < -0.3 is 26.3 Å². The Morgan fingerprint density at radius 3 is 1.90 bits per heavy atom. The van der Waals surface area contributed by atoms with Crippen LogP contribution in [0.1, 0.15) is 195 Å². The third kappa shape index (κ3) is 12.4. The molecule has 0 aromatic heterocycles. The first kappa shape index (κ1) is 43.5. The summed E-state index contributed by atoms with van der Waals surface area (Å²) < 4.78 is 13.3. The van der Waals surface area contributed by atoms with Gasteiger partial charge in [0.1, 0.15) is 0 Å². The predicted octanol–water partition coefficient (Wildman–Crippen LogP) is 11.2. The summed E-state index contributed by atoms with van der Waals surface area (Å²) >= 11 is 0. The summed E-state index contributed by atoms with van der Waals surface area (Å²) in [5.41, 5.74) is 12.5. The average molecular weight is 716 g/mol. The van der Waals surface area contributed by atoms with Gasteiger partial charge in [-0.05, 0) is 156 Å². The van der Waals surface area contributed by atoms with E-state index in [0.29, 0.717) is 23.0 Å². The van der Waals surface area contributed by atoms with Crippen molar-refractivity contribution in [2.24, 2.45) is 57.8 Å². The summed E-state index contributed by atoms with van der Waals surface area (Å²) in [6.45, 7) is 15.8. The lowest BCUT2D eigenvalue weighted by Crippen LogP contribution is -2.59. The van der Waals surface area contributed by atoms with E-state index < -0.39 is 0 Å². The van der Waals surface area contributed by atoms with Gasteiger partial charge in [0.25, 0.3) is 0 Å². The first-order chi connectivity index (χ1) is 24.9. The molecule has 5 nitrogen and oxygen atoms in total. The summed E-state index contributed by atoms with van der Waals surface area (Å²) in [5, 5.41) is 3.82. The van der Waals surface area contributed by atoms with Gasteiger partial charge in [-0.2, -0.15) is 0 Å². The zero-order chi connectivity index (χ0) is 36.4. The van der Waals surface area contributed by atoms with Crippen molar-refractivity contribution in [2.45, 2.75) is 207 Å². The lowest BCUT2D eigenvalue weighted by molar-refractivity contribution is -0.192. The van der Waals surface area contributed by atoms with Crippen molar-refractivity contribution in [1.29, 1.82) is 0 Å². The fourth-order valence-corrected chi connectivity index (χ4v) is 12.5. The topological polar surface area (TPSA) is 82.5 Å². The molecule has 4 aliphatic rings. The number of nitrogens with one attached hydrogen (secondary N) is 1. The molecule has 10 atom stereocenters. The molecular weight excluding hydrogens is 627 g/mol. The minimum Gasteiger partial charge on any atom is -0.378 e. The van der Waals surface area contributed by atoms with Crippen LogP contribution in [0.2, 0.25) is 0 Å². The molecule has 0 aromatic rings. The van der Waals surface area contributed by atoms with Crippen LogP contribution in [0.25, 0.3) is 0 Å². The summed E-state index contributed by atoms with van der Waals surface area (Å²) in [4.78, 5) is 0. The molecule has 0 bridgehead atoms. The van der Waals surface area contributed by atoms with Crippen molar-refractivity contribution in [1.82, 2.24) is 5.32 Å².